The highest BCUT2D eigenvalue weighted by atomic mass is 16.2. The number of carbonyl (C=O) groups is 2. The second kappa shape index (κ2) is 5.40. The van der Waals surface area contributed by atoms with E-state index in [1.807, 2.05) is 43.3 Å². The first-order valence-corrected chi connectivity index (χ1v) is 6.90. The number of nitrogens with one attached hydrogen (secondary N) is 2. The van der Waals surface area contributed by atoms with Crippen molar-refractivity contribution in [3.8, 4) is 0 Å². The number of anilines is 2. The lowest BCUT2D eigenvalue weighted by atomic mass is 10.0. The Morgan fingerprint density at radius 3 is 2.43 bits per heavy atom. The lowest BCUT2D eigenvalue weighted by Crippen LogP contribution is -2.40. The predicted molar refractivity (Wildman–Crippen MR) is 82.6 cm³/mol. The molecule has 1 aliphatic rings. The van der Waals surface area contributed by atoms with Crippen LogP contribution < -0.4 is 10.6 Å². The van der Waals surface area contributed by atoms with Gasteiger partial charge in [0.2, 0.25) is 5.91 Å². The van der Waals surface area contributed by atoms with Gasteiger partial charge in [-0.3, -0.25) is 9.59 Å². The average Bonchev–Trinajstić information content (AvgIpc) is 2.48. The van der Waals surface area contributed by atoms with E-state index in [1.54, 1.807) is 12.1 Å². The number of Topliss-reactive ketones (excluding diaryl/α,β-unsaturated/α-hetero) is 1. The summed E-state index contributed by atoms with van der Waals surface area (Å²) in [6, 6.07) is 14.3. The molecular weight excluding hydrogens is 264 g/mol. The Bertz CT molecular complexity index is 692. The Labute approximate surface area is 123 Å². The van der Waals surface area contributed by atoms with Crippen LogP contribution in [-0.2, 0) is 4.79 Å². The van der Waals surface area contributed by atoms with Gasteiger partial charge in [0.1, 0.15) is 6.04 Å². The third-order valence-corrected chi connectivity index (χ3v) is 3.59. The Kier molecular flexibility index (Phi) is 3.44. The van der Waals surface area contributed by atoms with E-state index < -0.39 is 6.04 Å². The monoisotopic (exact) mass is 280 g/mol. The van der Waals surface area contributed by atoms with E-state index in [9.17, 15) is 9.59 Å². The van der Waals surface area contributed by atoms with E-state index in [2.05, 4.69) is 10.6 Å². The topological polar surface area (TPSA) is 58.2 Å². The molecule has 0 bridgehead atoms. The van der Waals surface area contributed by atoms with Gasteiger partial charge in [-0.15, -0.1) is 0 Å². The zero-order chi connectivity index (χ0) is 14.8. The molecule has 0 aliphatic carbocycles. The zero-order valence-electron chi connectivity index (χ0n) is 11.7. The van der Waals surface area contributed by atoms with Gasteiger partial charge in [0.05, 0.1) is 11.4 Å². The highest BCUT2D eigenvalue weighted by Crippen LogP contribution is 2.27. The molecule has 0 aromatic heterocycles. The molecule has 0 saturated heterocycles. The van der Waals surface area contributed by atoms with Gasteiger partial charge in [-0.2, -0.15) is 0 Å². The molecule has 0 saturated carbocycles. The number of amides is 1. The number of hydrogen-bond acceptors (Lipinski definition) is 3. The van der Waals surface area contributed by atoms with Crippen molar-refractivity contribution in [3.63, 3.8) is 0 Å². The number of ketones is 1. The van der Waals surface area contributed by atoms with Gasteiger partial charge >= 0.3 is 0 Å². The Hall–Kier alpha value is -2.62. The van der Waals surface area contributed by atoms with Crippen LogP contribution in [0.25, 0.3) is 0 Å². The number of rotatable bonds is 3. The Morgan fingerprint density at radius 1 is 1.05 bits per heavy atom. The van der Waals surface area contributed by atoms with Crippen molar-refractivity contribution >= 4 is 23.1 Å². The van der Waals surface area contributed by atoms with Crippen LogP contribution in [0.3, 0.4) is 0 Å². The van der Waals surface area contributed by atoms with Gasteiger partial charge in [-0.25, -0.2) is 0 Å². The first-order valence-electron chi connectivity index (χ1n) is 6.90. The van der Waals surface area contributed by atoms with Crippen molar-refractivity contribution in [2.24, 2.45) is 0 Å². The highest BCUT2D eigenvalue weighted by molar-refractivity contribution is 6.07. The second-order valence-electron chi connectivity index (χ2n) is 5.23. The number of para-hydroxylation sites is 2. The second-order valence-corrected chi connectivity index (χ2v) is 5.23. The minimum Gasteiger partial charge on any atom is -0.372 e. The van der Waals surface area contributed by atoms with E-state index in [0.29, 0.717) is 5.56 Å². The molecule has 2 aromatic rings. The van der Waals surface area contributed by atoms with Crippen molar-refractivity contribution in [1.82, 2.24) is 0 Å². The van der Waals surface area contributed by atoms with Crippen molar-refractivity contribution in [1.29, 1.82) is 0 Å². The summed E-state index contributed by atoms with van der Waals surface area (Å²) in [6.45, 7) is 1.97. The number of aryl methyl sites for hydroxylation is 1. The highest BCUT2D eigenvalue weighted by Gasteiger charge is 2.27. The van der Waals surface area contributed by atoms with E-state index >= 15 is 0 Å². The molecule has 2 N–H and O–H groups in total. The number of fused-ring (bicyclic) bond motifs is 1. The van der Waals surface area contributed by atoms with Gasteiger partial charge in [0.15, 0.2) is 5.78 Å². The summed E-state index contributed by atoms with van der Waals surface area (Å²) in [6.07, 6.45) is 0.142. The minimum absolute atomic E-state index is 0.0398. The molecular formula is C17H16N2O2. The molecule has 1 atom stereocenters. The standard InChI is InChI=1S/C17H16N2O2/c1-11-6-8-12(9-7-11)16(20)10-15-17(21)19-14-5-3-2-4-13(14)18-15/h2-9,15,18H,10H2,1H3,(H,19,21)/t15-/m0/s1. The van der Waals surface area contributed by atoms with Gasteiger partial charge < -0.3 is 10.6 Å². The third-order valence-electron chi connectivity index (χ3n) is 3.59. The first-order chi connectivity index (χ1) is 10.1. The maximum Gasteiger partial charge on any atom is 0.247 e. The molecule has 2 aromatic carbocycles. The summed E-state index contributed by atoms with van der Waals surface area (Å²) in [5.74, 6) is -0.212. The maximum absolute atomic E-state index is 12.3. The van der Waals surface area contributed by atoms with Crippen LogP contribution in [0.2, 0.25) is 0 Å². The van der Waals surface area contributed by atoms with E-state index in [4.69, 9.17) is 0 Å². The first kappa shape index (κ1) is 13.4. The lowest BCUT2D eigenvalue weighted by Gasteiger charge is -2.26. The average molecular weight is 280 g/mol. The van der Waals surface area contributed by atoms with Gasteiger partial charge in [-0.05, 0) is 19.1 Å². The summed E-state index contributed by atoms with van der Waals surface area (Å²) in [5.41, 5.74) is 3.34. The van der Waals surface area contributed by atoms with Crippen LogP contribution in [0.4, 0.5) is 11.4 Å². The molecule has 21 heavy (non-hydrogen) atoms. The molecule has 1 heterocycles. The predicted octanol–water partition coefficient (Wildman–Crippen LogP) is 3.00. The Balaban J connectivity index is 1.75. The molecule has 0 fully saturated rings. The SMILES string of the molecule is Cc1ccc(C(=O)C[C@@H]2Nc3ccccc3NC2=O)cc1. The lowest BCUT2D eigenvalue weighted by molar-refractivity contribution is -0.117. The summed E-state index contributed by atoms with van der Waals surface area (Å²) in [5, 5.41) is 5.95. The molecule has 3 rings (SSSR count). The number of carbonyl (C=O) groups excluding carboxylic acids is 2. The van der Waals surface area contributed by atoms with E-state index in [1.165, 1.54) is 0 Å². The molecule has 106 valence electrons. The summed E-state index contributed by atoms with van der Waals surface area (Å²) in [4.78, 5) is 24.3. The normalized spacial score (nSPS) is 16.6. The van der Waals surface area contributed by atoms with Crippen LogP contribution in [0.1, 0.15) is 22.3 Å². The quantitative estimate of drug-likeness (QED) is 0.850. The van der Waals surface area contributed by atoms with Crippen molar-refractivity contribution in [2.75, 3.05) is 10.6 Å². The van der Waals surface area contributed by atoms with Crippen molar-refractivity contribution in [3.05, 3.63) is 59.7 Å². The molecule has 4 nitrogen and oxygen atoms in total. The molecule has 1 aliphatic heterocycles. The third kappa shape index (κ3) is 2.79. The Morgan fingerprint density at radius 2 is 1.71 bits per heavy atom. The van der Waals surface area contributed by atoms with E-state index in [-0.39, 0.29) is 18.1 Å². The largest absolute Gasteiger partial charge is 0.372 e. The number of benzene rings is 2. The molecule has 0 radical (unpaired) electrons. The summed E-state index contributed by atoms with van der Waals surface area (Å²) in [7, 11) is 0. The fraction of sp³-hybridized carbons (Fsp3) is 0.176. The van der Waals surface area contributed by atoms with Crippen LogP contribution in [0.15, 0.2) is 48.5 Å². The van der Waals surface area contributed by atoms with Gasteiger partial charge in [-0.1, -0.05) is 42.0 Å². The van der Waals surface area contributed by atoms with Crippen LogP contribution in [0, 0.1) is 6.92 Å². The fourth-order valence-electron chi connectivity index (χ4n) is 2.38. The van der Waals surface area contributed by atoms with Crippen LogP contribution in [0.5, 0.6) is 0 Å². The smallest absolute Gasteiger partial charge is 0.247 e. The molecule has 1 amide bonds. The summed E-state index contributed by atoms with van der Waals surface area (Å²) < 4.78 is 0. The number of hydrogen-bond donors (Lipinski definition) is 2. The van der Waals surface area contributed by atoms with Gasteiger partial charge in [0.25, 0.3) is 0 Å². The fourth-order valence-corrected chi connectivity index (χ4v) is 2.38. The maximum atomic E-state index is 12.3. The summed E-state index contributed by atoms with van der Waals surface area (Å²) >= 11 is 0. The van der Waals surface area contributed by atoms with E-state index in [0.717, 1.165) is 16.9 Å². The van der Waals surface area contributed by atoms with Crippen molar-refractivity contribution in [2.45, 2.75) is 19.4 Å². The molecule has 4 heteroatoms. The van der Waals surface area contributed by atoms with Crippen LogP contribution in [-0.4, -0.2) is 17.7 Å². The van der Waals surface area contributed by atoms with Crippen molar-refractivity contribution < 1.29 is 9.59 Å². The van der Waals surface area contributed by atoms with Gasteiger partial charge in [0, 0.05) is 12.0 Å². The zero-order valence-corrected chi connectivity index (χ0v) is 11.7. The van der Waals surface area contributed by atoms with Crippen LogP contribution >= 0.6 is 0 Å². The molecule has 0 unspecified atom stereocenters. The minimum atomic E-state index is -0.534. The molecule has 0 spiro atoms.